The molecule has 1 fully saturated rings. The number of primary sulfonamides is 1. The second kappa shape index (κ2) is 2.81. The lowest BCUT2D eigenvalue weighted by molar-refractivity contribution is 0.289. The van der Waals surface area contributed by atoms with E-state index in [1.165, 1.54) is 18.8 Å². The van der Waals surface area contributed by atoms with Crippen LogP contribution in [-0.4, -0.2) is 18.2 Å². The van der Waals surface area contributed by atoms with Gasteiger partial charge in [-0.2, -0.15) is 5.10 Å². The van der Waals surface area contributed by atoms with Gasteiger partial charge in [-0.25, -0.2) is 13.6 Å². The van der Waals surface area contributed by atoms with Gasteiger partial charge in [0, 0.05) is 6.20 Å². The highest BCUT2D eigenvalue weighted by Gasteiger charge is 2.21. The Balaban J connectivity index is 2.27. The predicted octanol–water partition coefficient (Wildman–Crippen LogP) is 0.255. The summed E-state index contributed by atoms with van der Waals surface area (Å²) in [6, 6.07) is 0.371. The van der Waals surface area contributed by atoms with Gasteiger partial charge in [-0.3, -0.25) is 4.68 Å². The van der Waals surface area contributed by atoms with Crippen molar-refractivity contribution in [3.05, 3.63) is 12.4 Å². The fraction of sp³-hybridized carbons (Fsp3) is 0.571. The number of hydrogen-bond acceptors (Lipinski definition) is 3. The van der Waals surface area contributed by atoms with Crippen molar-refractivity contribution in [3.63, 3.8) is 0 Å². The minimum absolute atomic E-state index is 0.0967. The summed E-state index contributed by atoms with van der Waals surface area (Å²) in [5.74, 6) is 0. The van der Waals surface area contributed by atoms with Gasteiger partial charge in [-0.05, 0) is 19.3 Å². The molecule has 1 saturated carbocycles. The average molecular weight is 201 g/mol. The molecule has 2 rings (SSSR count). The van der Waals surface area contributed by atoms with Gasteiger partial charge < -0.3 is 0 Å². The van der Waals surface area contributed by atoms with Gasteiger partial charge in [0.2, 0.25) is 10.0 Å². The summed E-state index contributed by atoms with van der Waals surface area (Å²) in [7, 11) is -3.58. The van der Waals surface area contributed by atoms with Crippen LogP contribution >= 0.6 is 0 Å². The SMILES string of the molecule is NS(=O)(=O)c1cnn(C2CCC2)c1. The Hall–Kier alpha value is -0.880. The molecule has 0 bridgehead atoms. The molecule has 0 amide bonds. The summed E-state index contributed by atoms with van der Waals surface area (Å²) in [4.78, 5) is 0.0967. The molecule has 0 unspecified atom stereocenters. The van der Waals surface area contributed by atoms with Crippen LogP contribution in [0.1, 0.15) is 25.3 Å². The third kappa shape index (κ3) is 1.59. The van der Waals surface area contributed by atoms with E-state index in [0.717, 1.165) is 12.8 Å². The lowest BCUT2D eigenvalue weighted by Crippen LogP contribution is -2.17. The van der Waals surface area contributed by atoms with Crippen molar-refractivity contribution in [2.75, 3.05) is 0 Å². The summed E-state index contributed by atoms with van der Waals surface area (Å²) >= 11 is 0. The standard InChI is InChI=1S/C7H11N3O2S/c8-13(11,12)7-4-9-10(5-7)6-2-1-3-6/h4-6H,1-3H2,(H2,8,11,12). The molecular weight excluding hydrogens is 190 g/mol. The first-order valence-corrected chi connectivity index (χ1v) is 5.69. The summed E-state index contributed by atoms with van der Waals surface area (Å²) in [5, 5.41) is 8.91. The summed E-state index contributed by atoms with van der Waals surface area (Å²) in [6.07, 6.45) is 6.14. The molecule has 0 saturated heterocycles. The maximum atomic E-state index is 10.9. The molecular formula is C7H11N3O2S. The Kier molecular flexibility index (Phi) is 1.88. The molecule has 1 aromatic heterocycles. The van der Waals surface area contributed by atoms with E-state index in [1.807, 2.05) is 0 Å². The van der Waals surface area contributed by atoms with Crippen LogP contribution in [0.2, 0.25) is 0 Å². The number of nitrogens with zero attached hydrogens (tertiary/aromatic N) is 2. The highest BCUT2D eigenvalue weighted by molar-refractivity contribution is 7.89. The van der Waals surface area contributed by atoms with E-state index in [9.17, 15) is 8.42 Å². The Morgan fingerprint density at radius 2 is 2.23 bits per heavy atom. The first kappa shape index (κ1) is 8.71. The highest BCUT2D eigenvalue weighted by Crippen LogP contribution is 2.30. The van der Waals surface area contributed by atoms with Crippen molar-refractivity contribution >= 4 is 10.0 Å². The first-order chi connectivity index (χ1) is 6.07. The van der Waals surface area contributed by atoms with Crippen LogP contribution in [0.15, 0.2) is 17.3 Å². The fourth-order valence-electron chi connectivity index (χ4n) is 1.32. The van der Waals surface area contributed by atoms with E-state index in [4.69, 9.17) is 5.14 Å². The van der Waals surface area contributed by atoms with Crippen molar-refractivity contribution in [2.24, 2.45) is 5.14 Å². The molecule has 0 radical (unpaired) electrons. The fourth-order valence-corrected chi connectivity index (χ4v) is 1.77. The zero-order chi connectivity index (χ0) is 9.47. The second-order valence-electron chi connectivity index (χ2n) is 3.29. The molecule has 0 atom stereocenters. The molecule has 13 heavy (non-hydrogen) atoms. The molecule has 1 aromatic rings. The van der Waals surface area contributed by atoms with Crippen LogP contribution in [0.3, 0.4) is 0 Å². The smallest absolute Gasteiger partial charge is 0.241 e. The molecule has 5 nitrogen and oxygen atoms in total. The lowest BCUT2D eigenvalue weighted by Gasteiger charge is -2.25. The summed E-state index contributed by atoms with van der Waals surface area (Å²) in [6.45, 7) is 0. The van der Waals surface area contributed by atoms with E-state index >= 15 is 0 Å². The molecule has 1 aliphatic rings. The monoisotopic (exact) mass is 201 g/mol. The molecule has 2 N–H and O–H groups in total. The maximum Gasteiger partial charge on any atom is 0.241 e. The topological polar surface area (TPSA) is 78.0 Å². The largest absolute Gasteiger partial charge is 0.268 e. The first-order valence-electron chi connectivity index (χ1n) is 4.14. The second-order valence-corrected chi connectivity index (χ2v) is 4.85. The molecule has 1 heterocycles. The molecule has 0 aromatic carbocycles. The van der Waals surface area contributed by atoms with Crippen LogP contribution in [-0.2, 0) is 10.0 Å². The van der Waals surface area contributed by atoms with E-state index in [0.29, 0.717) is 6.04 Å². The minimum atomic E-state index is -3.58. The van der Waals surface area contributed by atoms with Crippen molar-refractivity contribution in [1.29, 1.82) is 0 Å². The number of nitrogens with two attached hydrogens (primary N) is 1. The van der Waals surface area contributed by atoms with Crippen molar-refractivity contribution in [2.45, 2.75) is 30.2 Å². The van der Waals surface area contributed by atoms with Gasteiger partial charge >= 0.3 is 0 Å². The van der Waals surface area contributed by atoms with E-state index in [-0.39, 0.29) is 4.90 Å². The molecule has 72 valence electrons. The minimum Gasteiger partial charge on any atom is -0.268 e. The molecule has 1 aliphatic carbocycles. The van der Waals surface area contributed by atoms with Gasteiger partial charge in [0.25, 0.3) is 0 Å². The molecule has 0 spiro atoms. The van der Waals surface area contributed by atoms with Crippen molar-refractivity contribution in [3.8, 4) is 0 Å². The lowest BCUT2D eigenvalue weighted by atomic mass is 9.93. The van der Waals surface area contributed by atoms with Gasteiger partial charge in [0.05, 0.1) is 12.2 Å². The third-order valence-electron chi connectivity index (χ3n) is 2.36. The van der Waals surface area contributed by atoms with Crippen LogP contribution in [0.5, 0.6) is 0 Å². The number of rotatable bonds is 2. The van der Waals surface area contributed by atoms with Gasteiger partial charge in [0.1, 0.15) is 4.90 Å². The molecule has 0 aliphatic heterocycles. The Morgan fingerprint density at radius 1 is 1.54 bits per heavy atom. The van der Waals surface area contributed by atoms with Crippen LogP contribution in [0, 0.1) is 0 Å². The average Bonchev–Trinajstić information content (AvgIpc) is 2.29. The van der Waals surface area contributed by atoms with E-state index < -0.39 is 10.0 Å². The van der Waals surface area contributed by atoms with Gasteiger partial charge in [0.15, 0.2) is 0 Å². The number of sulfonamides is 1. The number of aromatic nitrogens is 2. The van der Waals surface area contributed by atoms with Gasteiger partial charge in [-0.1, -0.05) is 0 Å². The third-order valence-corrected chi connectivity index (χ3v) is 3.22. The molecule has 6 heteroatoms. The van der Waals surface area contributed by atoms with Crippen LogP contribution in [0.4, 0.5) is 0 Å². The Morgan fingerprint density at radius 3 is 2.62 bits per heavy atom. The van der Waals surface area contributed by atoms with E-state index in [2.05, 4.69) is 5.10 Å². The summed E-state index contributed by atoms with van der Waals surface area (Å²) in [5.41, 5.74) is 0. The van der Waals surface area contributed by atoms with Crippen molar-refractivity contribution < 1.29 is 8.42 Å². The quantitative estimate of drug-likeness (QED) is 0.745. The number of hydrogen-bond donors (Lipinski definition) is 1. The maximum absolute atomic E-state index is 10.9. The Bertz CT molecular complexity index is 405. The van der Waals surface area contributed by atoms with Gasteiger partial charge in [-0.15, -0.1) is 0 Å². The van der Waals surface area contributed by atoms with Crippen molar-refractivity contribution in [1.82, 2.24) is 9.78 Å². The van der Waals surface area contributed by atoms with Crippen LogP contribution in [0.25, 0.3) is 0 Å². The normalized spacial score (nSPS) is 18.5. The zero-order valence-electron chi connectivity index (χ0n) is 7.05. The summed E-state index contributed by atoms with van der Waals surface area (Å²) < 4.78 is 23.5. The highest BCUT2D eigenvalue weighted by atomic mass is 32.2. The Labute approximate surface area is 76.6 Å². The predicted molar refractivity (Wildman–Crippen MR) is 46.5 cm³/mol. The zero-order valence-corrected chi connectivity index (χ0v) is 7.87. The van der Waals surface area contributed by atoms with E-state index in [1.54, 1.807) is 4.68 Å². The van der Waals surface area contributed by atoms with Crippen LogP contribution < -0.4 is 5.14 Å².